The Kier molecular flexibility index (Phi) is 18.6. The van der Waals surface area contributed by atoms with Crippen LogP contribution in [0.1, 0.15) is 139 Å². The van der Waals surface area contributed by atoms with Crippen molar-refractivity contribution in [1.29, 1.82) is 0 Å². The van der Waals surface area contributed by atoms with Crippen molar-refractivity contribution in [2.75, 3.05) is 13.1 Å². The predicted molar refractivity (Wildman–Crippen MR) is 229 cm³/mol. The Labute approximate surface area is 351 Å². The third-order valence-electron chi connectivity index (χ3n) is 10.3. The van der Waals surface area contributed by atoms with Crippen LogP contribution in [-0.2, 0) is 49.4 Å². The highest BCUT2D eigenvalue weighted by Gasteiger charge is 2.33. The number of hydrogen-bond donors (Lipinski definition) is 3. The van der Waals surface area contributed by atoms with E-state index in [1.54, 1.807) is 62.3 Å². The average Bonchev–Trinajstić information content (AvgIpc) is 3.13. The molecule has 4 N–H and O–H groups in total. The Morgan fingerprint density at radius 1 is 0.712 bits per heavy atom. The molecule has 0 aliphatic heterocycles. The fourth-order valence-electron chi connectivity index (χ4n) is 7.31. The van der Waals surface area contributed by atoms with Gasteiger partial charge in [0.05, 0.1) is 11.8 Å². The molecular formula is C47H71N3O9. The maximum absolute atomic E-state index is 13.7. The first kappa shape index (κ1) is 49.0. The molecule has 1 fully saturated rings. The normalized spacial score (nSPS) is 17.6. The summed E-state index contributed by atoms with van der Waals surface area (Å²) in [6, 6.07) is 13.3. The van der Waals surface area contributed by atoms with E-state index >= 15 is 0 Å². The summed E-state index contributed by atoms with van der Waals surface area (Å²) < 4.78 is 16.7. The number of ketones is 1. The van der Waals surface area contributed by atoms with Gasteiger partial charge < -0.3 is 30.6 Å². The Morgan fingerprint density at radius 3 is 1.83 bits per heavy atom. The number of nitrogens with two attached hydrogens (primary N) is 1. The van der Waals surface area contributed by atoms with Crippen LogP contribution in [0.5, 0.6) is 0 Å². The minimum atomic E-state index is -0.896. The van der Waals surface area contributed by atoms with Crippen molar-refractivity contribution < 1.29 is 43.0 Å². The summed E-state index contributed by atoms with van der Waals surface area (Å²) >= 11 is 0. The lowest BCUT2D eigenvalue weighted by molar-refractivity contribution is -0.162. The molecule has 1 aliphatic carbocycles. The topological polar surface area (TPSA) is 180 Å². The van der Waals surface area contributed by atoms with Crippen molar-refractivity contribution in [3.05, 3.63) is 48.0 Å². The molecule has 328 valence electrons. The predicted octanol–water partition coefficient (Wildman–Crippen LogP) is 7.31. The second-order valence-electron chi connectivity index (χ2n) is 19.2. The SMILES string of the molecule is CC(C)(C)OC(=O)CC[C@H](CC(=O)C[C@@H](CCCCNC(=O)[C@H](Cc1ccc2ccccc2c1)NC(=O)C1CCC(CN)CC1)C(=O)OC(C)(C)C)C(=O)OC(C)(C)C. The van der Waals surface area contributed by atoms with E-state index in [-0.39, 0.29) is 49.2 Å². The van der Waals surface area contributed by atoms with Crippen LogP contribution in [0.25, 0.3) is 10.8 Å². The van der Waals surface area contributed by atoms with Gasteiger partial charge in [0.1, 0.15) is 28.6 Å². The van der Waals surface area contributed by atoms with E-state index in [1.165, 1.54) is 0 Å². The molecule has 0 radical (unpaired) electrons. The number of carbonyl (C=O) groups excluding carboxylic acids is 6. The minimum Gasteiger partial charge on any atom is -0.460 e. The van der Waals surface area contributed by atoms with Crippen LogP contribution in [-0.4, -0.2) is 71.4 Å². The summed E-state index contributed by atoms with van der Waals surface area (Å²) in [5.41, 5.74) is 4.52. The molecule has 0 unspecified atom stereocenters. The van der Waals surface area contributed by atoms with E-state index < -0.39 is 52.6 Å². The van der Waals surface area contributed by atoms with E-state index in [0.29, 0.717) is 44.7 Å². The number of carbonyl (C=O) groups is 6. The molecule has 2 aromatic rings. The van der Waals surface area contributed by atoms with Crippen LogP contribution in [0.3, 0.4) is 0 Å². The average molecular weight is 822 g/mol. The van der Waals surface area contributed by atoms with Crippen LogP contribution in [0.2, 0.25) is 0 Å². The van der Waals surface area contributed by atoms with Crippen molar-refractivity contribution >= 4 is 46.3 Å². The van der Waals surface area contributed by atoms with Crippen LogP contribution in [0.15, 0.2) is 42.5 Å². The first-order valence-electron chi connectivity index (χ1n) is 21.5. The number of ether oxygens (including phenoxy) is 3. The molecular weight excluding hydrogens is 751 g/mol. The highest BCUT2D eigenvalue weighted by molar-refractivity contribution is 5.90. The van der Waals surface area contributed by atoms with Crippen molar-refractivity contribution in [1.82, 2.24) is 10.6 Å². The standard InChI is InChI=1S/C47H71N3O9/c1-45(2,3)57-40(52)24-23-37(44(56)59-47(7,8)9)29-38(51)28-36(43(55)58-46(4,5)6)16-12-13-25-49-42(54)39(50-41(53)34-21-17-31(30-48)18-22-34)27-32-19-20-33-14-10-11-15-35(33)26-32/h10-11,14-15,19-20,26,31,34,36-37,39H,12-13,16-18,21-25,27-30,48H2,1-9H3,(H,49,54)(H,50,53)/t31?,34?,36-,37-,39+/m1/s1. The molecule has 1 aliphatic rings. The van der Waals surface area contributed by atoms with Gasteiger partial charge in [-0.3, -0.25) is 28.8 Å². The quantitative estimate of drug-likeness (QED) is 0.0697. The van der Waals surface area contributed by atoms with E-state index in [4.69, 9.17) is 19.9 Å². The molecule has 0 spiro atoms. The first-order valence-corrected chi connectivity index (χ1v) is 21.5. The number of rotatable bonds is 20. The van der Waals surface area contributed by atoms with E-state index in [2.05, 4.69) is 10.6 Å². The van der Waals surface area contributed by atoms with Crippen molar-refractivity contribution in [2.24, 2.45) is 29.4 Å². The van der Waals surface area contributed by atoms with Gasteiger partial charge in [-0.25, -0.2) is 0 Å². The van der Waals surface area contributed by atoms with Gasteiger partial charge in [-0.1, -0.05) is 48.9 Å². The van der Waals surface area contributed by atoms with Gasteiger partial charge in [-0.2, -0.15) is 0 Å². The zero-order valence-corrected chi connectivity index (χ0v) is 37.1. The number of esters is 3. The summed E-state index contributed by atoms with van der Waals surface area (Å²) in [7, 11) is 0. The number of Topliss-reactive ketones (excluding diaryl/α,β-unsaturated/α-hetero) is 1. The Morgan fingerprint density at radius 2 is 1.27 bits per heavy atom. The molecule has 2 amide bonds. The Hall–Kier alpha value is -4.32. The van der Waals surface area contributed by atoms with Crippen molar-refractivity contribution in [3.63, 3.8) is 0 Å². The Balaban J connectivity index is 1.65. The van der Waals surface area contributed by atoms with Gasteiger partial charge in [-0.15, -0.1) is 0 Å². The van der Waals surface area contributed by atoms with E-state index in [1.807, 2.05) is 42.5 Å². The Bertz CT molecular complexity index is 1730. The lowest BCUT2D eigenvalue weighted by atomic mass is 9.81. The molecule has 3 rings (SSSR count). The van der Waals surface area contributed by atoms with Crippen molar-refractivity contribution in [2.45, 2.75) is 162 Å². The third-order valence-corrected chi connectivity index (χ3v) is 10.3. The fourth-order valence-corrected chi connectivity index (χ4v) is 7.31. The second-order valence-corrected chi connectivity index (χ2v) is 19.2. The van der Waals surface area contributed by atoms with Crippen LogP contribution in [0.4, 0.5) is 0 Å². The molecule has 0 saturated heterocycles. The highest BCUT2D eigenvalue weighted by Crippen LogP contribution is 2.29. The summed E-state index contributed by atoms with van der Waals surface area (Å²) in [6.45, 7) is 16.6. The number of amides is 2. The molecule has 12 nitrogen and oxygen atoms in total. The molecule has 1 saturated carbocycles. The lowest BCUT2D eigenvalue weighted by Gasteiger charge is -2.28. The molecule has 0 bridgehead atoms. The number of benzene rings is 2. The molecule has 0 aromatic heterocycles. The van der Waals surface area contributed by atoms with Gasteiger partial charge in [0, 0.05) is 38.1 Å². The molecule has 12 heteroatoms. The number of nitrogens with one attached hydrogen (secondary N) is 2. The summed E-state index contributed by atoms with van der Waals surface area (Å²) in [5, 5.41) is 8.19. The largest absolute Gasteiger partial charge is 0.460 e. The van der Waals surface area contributed by atoms with Crippen molar-refractivity contribution in [3.8, 4) is 0 Å². The van der Waals surface area contributed by atoms with Crippen LogP contribution in [0, 0.1) is 23.7 Å². The zero-order chi connectivity index (χ0) is 44.0. The first-order chi connectivity index (χ1) is 27.5. The lowest BCUT2D eigenvalue weighted by Crippen LogP contribution is -2.50. The monoisotopic (exact) mass is 822 g/mol. The highest BCUT2D eigenvalue weighted by atomic mass is 16.6. The van der Waals surface area contributed by atoms with E-state index in [0.717, 1.165) is 42.0 Å². The van der Waals surface area contributed by atoms with Gasteiger partial charge >= 0.3 is 17.9 Å². The smallest absolute Gasteiger partial charge is 0.309 e. The van der Waals surface area contributed by atoms with Gasteiger partial charge in [0.25, 0.3) is 0 Å². The van der Waals surface area contributed by atoms with Crippen LogP contribution < -0.4 is 16.4 Å². The molecule has 0 heterocycles. The van der Waals surface area contributed by atoms with E-state index in [9.17, 15) is 28.8 Å². The third kappa shape index (κ3) is 18.6. The summed E-state index contributed by atoms with van der Waals surface area (Å²) in [5.74, 6) is -3.74. The minimum absolute atomic E-state index is 0.0596. The maximum Gasteiger partial charge on any atom is 0.309 e. The van der Waals surface area contributed by atoms with Gasteiger partial charge in [-0.05, 0) is 136 Å². The molecule has 59 heavy (non-hydrogen) atoms. The summed E-state index contributed by atoms with van der Waals surface area (Å²) in [4.78, 5) is 79.8. The number of hydrogen-bond acceptors (Lipinski definition) is 10. The zero-order valence-electron chi connectivity index (χ0n) is 37.1. The van der Waals surface area contributed by atoms with Gasteiger partial charge in [0.2, 0.25) is 11.8 Å². The maximum atomic E-state index is 13.7. The summed E-state index contributed by atoms with van der Waals surface area (Å²) in [6.07, 6.45) is 4.55. The second kappa shape index (κ2) is 22.3. The molecule has 2 aromatic carbocycles. The fraction of sp³-hybridized carbons (Fsp3) is 0.660. The number of fused-ring (bicyclic) bond motifs is 1. The van der Waals surface area contributed by atoms with Gasteiger partial charge in [0.15, 0.2) is 0 Å². The number of unbranched alkanes of at least 4 members (excludes halogenated alkanes) is 1. The van der Waals surface area contributed by atoms with Crippen LogP contribution >= 0.6 is 0 Å². The molecule has 3 atom stereocenters.